The Morgan fingerprint density at radius 3 is 2.78 bits per heavy atom. The third-order valence-corrected chi connectivity index (χ3v) is 3.83. The van der Waals surface area contributed by atoms with Crippen LogP contribution < -0.4 is 5.32 Å². The number of nitro groups is 1. The Morgan fingerprint density at radius 2 is 2.22 bits per heavy atom. The molecule has 0 radical (unpaired) electrons. The van der Waals surface area contributed by atoms with E-state index >= 15 is 0 Å². The molecule has 1 atom stereocenters. The van der Waals surface area contributed by atoms with Crippen molar-refractivity contribution in [2.45, 2.75) is 26.7 Å². The number of benzene rings is 1. The number of nitrogens with one attached hydrogen (secondary N) is 1. The van der Waals surface area contributed by atoms with Gasteiger partial charge >= 0.3 is 0 Å². The number of nitrogens with zero attached hydrogens (tertiary/aromatic N) is 1. The van der Waals surface area contributed by atoms with Crippen LogP contribution in [0.4, 0.5) is 11.4 Å². The number of halogens is 1. The van der Waals surface area contributed by atoms with Gasteiger partial charge in [0, 0.05) is 18.3 Å². The van der Waals surface area contributed by atoms with Crippen LogP contribution in [0.1, 0.15) is 25.3 Å². The Bertz CT molecular complexity index is 472. The van der Waals surface area contributed by atoms with E-state index in [9.17, 15) is 10.1 Å². The Morgan fingerprint density at radius 1 is 1.56 bits per heavy atom. The van der Waals surface area contributed by atoms with Crippen molar-refractivity contribution in [2.24, 2.45) is 11.8 Å². The Balaban J connectivity index is 2.08. The first-order chi connectivity index (χ1) is 8.49. The van der Waals surface area contributed by atoms with Gasteiger partial charge in [0.1, 0.15) is 5.02 Å². The van der Waals surface area contributed by atoms with Crippen molar-refractivity contribution in [1.82, 2.24) is 0 Å². The predicted octanol–water partition coefficient (Wildman–Crippen LogP) is 4.01. The molecule has 1 aliphatic rings. The standard InChI is InChI=1S/C13H17ClN2O2/c1-8-5-13(16(17)18)11(14)6-12(8)15-7-9(2)10-3-4-10/h5-6,9-10,15H,3-4,7H2,1-2H3. The van der Waals surface area contributed by atoms with Crippen molar-refractivity contribution in [1.29, 1.82) is 0 Å². The fraction of sp³-hybridized carbons (Fsp3) is 0.538. The van der Waals surface area contributed by atoms with E-state index in [1.807, 2.05) is 6.92 Å². The maximum absolute atomic E-state index is 10.7. The molecule has 4 nitrogen and oxygen atoms in total. The number of nitro benzene ring substituents is 1. The van der Waals surface area contributed by atoms with Crippen LogP contribution in [0.5, 0.6) is 0 Å². The third-order valence-electron chi connectivity index (χ3n) is 3.53. The highest BCUT2D eigenvalue weighted by Crippen LogP contribution is 2.37. The normalized spacial score (nSPS) is 16.4. The molecular weight excluding hydrogens is 252 g/mol. The summed E-state index contributed by atoms with van der Waals surface area (Å²) < 4.78 is 0. The maximum Gasteiger partial charge on any atom is 0.288 e. The lowest BCUT2D eigenvalue weighted by molar-refractivity contribution is -0.384. The van der Waals surface area contributed by atoms with E-state index in [4.69, 9.17) is 11.6 Å². The summed E-state index contributed by atoms with van der Waals surface area (Å²) in [6.45, 7) is 4.97. The third kappa shape index (κ3) is 2.93. The molecule has 0 heterocycles. The van der Waals surface area contributed by atoms with Crippen LogP contribution in [0.25, 0.3) is 0 Å². The SMILES string of the molecule is Cc1cc([N+](=O)[O-])c(Cl)cc1NCC(C)C1CC1. The van der Waals surface area contributed by atoms with Crippen molar-refractivity contribution in [3.05, 3.63) is 32.8 Å². The number of hydrogen-bond donors (Lipinski definition) is 1. The average molecular weight is 269 g/mol. The molecule has 1 unspecified atom stereocenters. The van der Waals surface area contributed by atoms with Crippen molar-refractivity contribution < 1.29 is 4.92 Å². The molecule has 0 spiro atoms. The van der Waals surface area contributed by atoms with E-state index in [2.05, 4.69) is 12.2 Å². The van der Waals surface area contributed by atoms with Crippen LogP contribution in [0.2, 0.25) is 5.02 Å². The lowest BCUT2D eigenvalue weighted by Crippen LogP contribution is -2.13. The zero-order valence-electron chi connectivity index (χ0n) is 10.6. The van der Waals surface area contributed by atoms with Crippen molar-refractivity contribution in [3.63, 3.8) is 0 Å². The summed E-state index contributed by atoms with van der Waals surface area (Å²) in [6, 6.07) is 3.17. The summed E-state index contributed by atoms with van der Waals surface area (Å²) >= 11 is 5.90. The number of hydrogen-bond acceptors (Lipinski definition) is 3. The van der Waals surface area contributed by atoms with Crippen molar-refractivity contribution >= 4 is 23.0 Å². The van der Waals surface area contributed by atoms with E-state index in [-0.39, 0.29) is 10.7 Å². The second-order valence-electron chi connectivity index (χ2n) is 5.07. The van der Waals surface area contributed by atoms with Gasteiger partial charge in [0.2, 0.25) is 0 Å². The van der Waals surface area contributed by atoms with Gasteiger partial charge in [-0.3, -0.25) is 10.1 Å². The summed E-state index contributed by atoms with van der Waals surface area (Å²) in [5.41, 5.74) is 1.71. The van der Waals surface area contributed by atoms with E-state index in [0.29, 0.717) is 5.92 Å². The molecule has 1 aromatic rings. The molecule has 1 saturated carbocycles. The van der Waals surface area contributed by atoms with Gasteiger partial charge in [-0.1, -0.05) is 18.5 Å². The molecule has 1 fully saturated rings. The monoisotopic (exact) mass is 268 g/mol. The molecule has 1 aliphatic carbocycles. The van der Waals surface area contributed by atoms with Crippen LogP contribution >= 0.6 is 11.6 Å². The van der Waals surface area contributed by atoms with Crippen molar-refractivity contribution in [3.8, 4) is 0 Å². The number of rotatable bonds is 5. The molecule has 5 heteroatoms. The van der Waals surface area contributed by atoms with Crippen LogP contribution in [-0.2, 0) is 0 Å². The molecule has 0 saturated heterocycles. The molecular formula is C13H17ClN2O2. The Labute approximate surface area is 111 Å². The van der Waals surface area contributed by atoms with Gasteiger partial charge in [0.15, 0.2) is 0 Å². The molecule has 0 bridgehead atoms. The van der Waals surface area contributed by atoms with Gasteiger partial charge in [-0.05, 0) is 43.2 Å². The zero-order valence-corrected chi connectivity index (χ0v) is 11.3. The first kappa shape index (κ1) is 13.1. The highest BCUT2D eigenvalue weighted by molar-refractivity contribution is 6.33. The van der Waals surface area contributed by atoms with Crippen molar-refractivity contribution in [2.75, 3.05) is 11.9 Å². The topological polar surface area (TPSA) is 55.2 Å². The van der Waals surface area contributed by atoms with E-state index in [1.165, 1.54) is 18.9 Å². The molecule has 98 valence electrons. The highest BCUT2D eigenvalue weighted by atomic mass is 35.5. The summed E-state index contributed by atoms with van der Waals surface area (Å²) in [4.78, 5) is 10.3. The van der Waals surface area contributed by atoms with Crippen LogP contribution in [-0.4, -0.2) is 11.5 Å². The second kappa shape index (κ2) is 5.14. The summed E-state index contributed by atoms with van der Waals surface area (Å²) in [5.74, 6) is 1.48. The number of anilines is 1. The van der Waals surface area contributed by atoms with Gasteiger partial charge in [-0.15, -0.1) is 0 Å². The lowest BCUT2D eigenvalue weighted by Gasteiger charge is -2.14. The first-order valence-electron chi connectivity index (χ1n) is 6.17. The molecule has 0 aliphatic heterocycles. The fourth-order valence-corrected chi connectivity index (χ4v) is 2.33. The molecule has 2 rings (SSSR count). The van der Waals surface area contributed by atoms with Gasteiger partial charge in [-0.25, -0.2) is 0 Å². The highest BCUT2D eigenvalue weighted by Gasteiger charge is 2.27. The summed E-state index contributed by atoms with van der Waals surface area (Å²) in [5, 5.41) is 14.3. The molecule has 1 aromatic carbocycles. The Hall–Kier alpha value is -1.29. The second-order valence-corrected chi connectivity index (χ2v) is 5.48. The minimum absolute atomic E-state index is 0.0324. The summed E-state index contributed by atoms with van der Waals surface area (Å²) in [6.07, 6.45) is 2.64. The first-order valence-corrected chi connectivity index (χ1v) is 6.55. The van der Waals surface area contributed by atoms with Gasteiger partial charge in [-0.2, -0.15) is 0 Å². The van der Waals surface area contributed by atoms with Crippen LogP contribution in [0, 0.1) is 28.9 Å². The van der Waals surface area contributed by atoms with Gasteiger partial charge in [0.05, 0.1) is 4.92 Å². The quantitative estimate of drug-likeness (QED) is 0.648. The van der Waals surface area contributed by atoms with Gasteiger partial charge < -0.3 is 5.32 Å². The molecule has 1 N–H and O–H groups in total. The minimum atomic E-state index is -0.452. The van der Waals surface area contributed by atoms with Gasteiger partial charge in [0.25, 0.3) is 5.69 Å². The Kier molecular flexibility index (Phi) is 3.76. The fourth-order valence-electron chi connectivity index (χ4n) is 2.10. The minimum Gasteiger partial charge on any atom is -0.385 e. The van der Waals surface area contributed by atoms with Crippen LogP contribution in [0.15, 0.2) is 12.1 Å². The zero-order chi connectivity index (χ0) is 13.3. The predicted molar refractivity (Wildman–Crippen MR) is 73.2 cm³/mol. The molecule has 0 amide bonds. The summed E-state index contributed by atoms with van der Waals surface area (Å²) in [7, 11) is 0. The largest absolute Gasteiger partial charge is 0.385 e. The van der Waals surface area contributed by atoms with E-state index < -0.39 is 4.92 Å². The van der Waals surface area contributed by atoms with E-state index in [0.717, 1.165) is 23.7 Å². The maximum atomic E-state index is 10.7. The molecule has 18 heavy (non-hydrogen) atoms. The smallest absolute Gasteiger partial charge is 0.288 e. The molecule has 0 aromatic heterocycles. The van der Waals surface area contributed by atoms with E-state index in [1.54, 1.807) is 6.07 Å². The van der Waals surface area contributed by atoms with Crippen LogP contribution in [0.3, 0.4) is 0 Å². The average Bonchev–Trinajstić information content (AvgIpc) is 3.12. The lowest BCUT2D eigenvalue weighted by atomic mass is 10.1. The number of aryl methyl sites for hydroxylation is 1.